The minimum absolute atomic E-state index is 0.0509. The summed E-state index contributed by atoms with van der Waals surface area (Å²) in [7, 11) is 0. The molecule has 0 fully saturated rings. The predicted molar refractivity (Wildman–Crippen MR) is 111 cm³/mol. The molecule has 1 amide bonds. The lowest BCUT2D eigenvalue weighted by atomic mass is 10.1. The van der Waals surface area contributed by atoms with Crippen LogP contribution < -0.4 is 14.8 Å². The molecule has 0 aliphatic carbocycles. The second kappa shape index (κ2) is 10.1. The largest absolute Gasteiger partial charge is 0.486 e. The fourth-order valence-electron chi connectivity index (χ4n) is 2.67. The molecule has 0 bridgehead atoms. The topological polar surface area (TPSA) is 47.6 Å². The van der Waals surface area contributed by atoms with Crippen LogP contribution in [0.4, 0.5) is 0 Å². The standard InChI is InChI=1S/C20H21Cl2NO3S/c21-16-4-3-15(17(22)12-16)13-27-10-7-23-20(24)6-2-14-1-5-18-19(11-14)26-9-8-25-18/h1,3-5,11-12H,2,6-10,13H2,(H,23,24). The van der Waals surface area contributed by atoms with Gasteiger partial charge in [0, 0.05) is 34.5 Å². The third-order valence-electron chi connectivity index (χ3n) is 4.09. The Hall–Kier alpha value is -1.56. The van der Waals surface area contributed by atoms with Crippen LogP contribution in [0.3, 0.4) is 0 Å². The maximum atomic E-state index is 12.0. The van der Waals surface area contributed by atoms with Gasteiger partial charge in [0.15, 0.2) is 11.5 Å². The third-order valence-corrected chi connectivity index (χ3v) is 5.68. The molecular formula is C20H21Cl2NO3S. The Kier molecular flexibility index (Phi) is 7.56. The van der Waals surface area contributed by atoms with Crippen LogP contribution in [0, 0.1) is 0 Å². The molecule has 0 aromatic heterocycles. The fraction of sp³-hybridized carbons (Fsp3) is 0.350. The first kappa shape index (κ1) is 20.2. The molecule has 3 rings (SSSR count). The quantitative estimate of drug-likeness (QED) is 0.619. The molecule has 1 heterocycles. The molecule has 27 heavy (non-hydrogen) atoms. The number of benzene rings is 2. The Labute approximate surface area is 173 Å². The Morgan fingerprint density at radius 3 is 2.70 bits per heavy atom. The Bertz CT molecular complexity index is 801. The van der Waals surface area contributed by atoms with E-state index in [2.05, 4.69) is 5.32 Å². The molecule has 0 saturated heterocycles. The van der Waals surface area contributed by atoms with Gasteiger partial charge in [-0.3, -0.25) is 4.79 Å². The monoisotopic (exact) mass is 425 g/mol. The van der Waals surface area contributed by atoms with Crippen molar-refractivity contribution in [2.75, 3.05) is 25.5 Å². The zero-order valence-corrected chi connectivity index (χ0v) is 17.1. The van der Waals surface area contributed by atoms with Gasteiger partial charge in [-0.05, 0) is 41.8 Å². The lowest BCUT2D eigenvalue weighted by molar-refractivity contribution is -0.120. The summed E-state index contributed by atoms with van der Waals surface area (Å²) >= 11 is 13.8. The van der Waals surface area contributed by atoms with E-state index in [-0.39, 0.29) is 5.91 Å². The SMILES string of the molecule is O=C(CCc1ccc2c(c1)OCCO2)NCCSCc1ccc(Cl)cc1Cl. The number of halogens is 2. The molecule has 7 heteroatoms. The van der Waals surface area contributed by atoms with Crippen molar-refractivity contribution in [3.63, 3.8) is 0 Å². The van der Waals surface area contributed by atoms with Crippen LogP contribution in [0.2, 0.25) is 10.0 Å². The summed E-state index contributed by atoms with van der Waals surface area (Å²) in [5.41, 5.74) is 2.12. The van der Waals surface area contributed by atoms with Crippen molar-refractivity contribution < 1.29 is 14.3 Å². The number of ether oxygens (including phenoxy) is 2. The maximum Gasteiger partial charge on any atom is 0.220 e. The predicted octanol–water partition coefficient (Wildman–Crippen LogP) is 4.75. The number of carbonyl (C=O) groups is 1. The van der Waals surface area contributed by atoms with Crippen LogP contribution in [0.1, 0.15) is 17.5 Å². The maximum absolute atomic E-state index is 12.0. The van der Waals surface area contributed by atoms with Crippen molar-refractivity contribution in [2.24, 2.45) is 0 Å². The summed E-state index contributed by atoms with van der Waals surface area (Å²) in [5.74, 6) is 3.20. The minimum Gasteiger partial charge on any atom is -0.486 e. The van der Waals surface area contributed by atoms with E-state index < -0.39 is 0 Å². The molecule has 144 valence electrons. The van der Waals surface area contributed by atoms with Gasteiger partial charge >= 0.3 is 0 Å². The molecule has 0 atom stereocenters. The number of hydrogen-bond acceptors (Lipinski definition) is 4. The van der Waals surface area contributed by atoms with Crippen molar-refractivity contribution in [1.82, 2.24) is 5.32 Å². The van der Waals surface area contributed by atoms with Gasteiger partial charge in [-0.1, -0.05) is 35.3 Å². The van der Waals surface area contributed by atoms with Gasteiger partial charge in [-0.15, -0.1) is 0 Å². The molecule has 1 N–H and O–H groups in total. The van der Waals surface area contributed by atoms with Gasteiger partial charge < -0.3 is 14.8 Å². The highest BCUT2D eigenvalue weighted by atomic mass is 35.5. The van der Waals surface area contributed by atoms with E-state index in [1.54, 1.807) is 17.8 Å². The first-order valence-corrected chi connectivity index (χ1v) is 10.7. The van der Waals surface area contributed by atoms with Crippen molar-refractivity contribution in [1.29, 1.82) is 0 Å². The van der Waals surface area contributed by atoms with Crippen LogP contribution in [-0.2, 0) is 17.0 Å². The smallest absolute Gasteiger partial charge is 0.220 e. The summed E-state index contributed by atoms with van der Waals surface area (Å²) in [5, 5.41) is 4.27. The number of aryl methyl sites for hydroxylation is 1. The minimum atomic E-state index is 0.0509. The van der Waals surface area contributed by atoms with Gasteiger partial charge in [0.05, 0.1) is 0 Å². The average Bonchev–Trinajstić information content (AvgIpc) is 2.67. The second-order valence-corrected chi connectivity index (χ2v) is 8.07. The highest BCUT2D eigenvalue weighted by molar-refractivity contribution is 7.98. The van der Waals surface area contributed by atoms with Crippen molar-refractivity contribution in [2.45, 2.75) is 18.6 Å². The molecule has 2 aromatic carbocycles. The molecule has 1 aliphatic heterocycles. The molecular weight excluding hydrogens is 405 g/mol. The number of rotatable bonds is 8. The number of nitrogens with one attached hydrogen (secondary N) is 1. The van der Waals surface area contributed by atoms with E-state index in [1.807, 2.05) is 30.3 Å². The van der Waals surface area contributed by atoms with Crippen molar-refractivity contribution in [3.8, 4) is 11.5 Å². The number of carbonyl (C=O) groups excluding carboxylic acids is 1. The molecule has 2 aromatic rings. The number of amides is 1. The van der Waals surface area contributed by atoms with Crippen LogP contribution in [0.5, 0.6) is 11.5 Å². The number of hydrogen-bond donors (Lipinski definition) is 1. The molecule has 0 unspecified atom stereocenters. The second-order valence-electron chi connectivity index (χ2n) is 6.12. The highest BCUT2D eigenvalue weighted by Gasteiger charge is 2.12. The van der Waals surface area contributed by atoms with Crippen LogP contribution in [0.15, 0.2) is 36.4 Å². The highest BCUT2D eigenvalue weighted by Crippen LogP contribution is 2.31. The average molecular weight is 426 g/mol. The van der Waals surface area contributed by atoms with Gasteiger partial charge in [-0.2, -0.15) is 11.8 Å². The molecule has 4 nitrogen and oxygen atoms in total. The van der Waals surface area contributed by atoms with E-state index in [9.17, 15) is 4.79 Å². The van der Waals surface area contributed by atoms with Gasteiger partial charge in [0.25, 0.3) is 0 Å². The lowest BCUT2D eigenvalue weighted by Crippen LogP contribution is -2.26. The van der Waals surface area contributed by atoms with Crippen molar-refractivity contribution >= 4 is 40.9 Å². The van der Waals surface area contributed by atoms with Gasteiger partial charge in [0.2, 0.25) is 5.91 Å². The van der Waals surface area contributed by atoms with Gasteiger partial charge in [-0.25, -0.2) is 0 Å². The van der Waals surface area contributed by atoms with Gasteiger partial charge in [0.1, 0.15) is 13.2 Å². The zero-order chi connectivity index (χ0) is 19.1. The number of fused-ring (bicyclic) bond motifs is 1. The molecule has 0 spiro atoms. The van der Waals surface area contributed by atoms with Crippen molar-refractivity contribution in [3.05, 3.63) is 57.6 Å². The Balaban J connectivity index is 1.33. The van der Waals surface area contributed by atoms with E-state index in [0.717, 1.165) is 34.1 Å². The summed E-state index contributed by atoms with van der Waals surface area (Å²) in [4.78, 5) is 12.0. The first-order chi connectivity index (χ1) is 13.1. The summed E-state index contributed by atoms with van der Waals surface area (Å²) in [6, 6.07) is 11.4. The lowest BCUT2D eigenvalue weighted by Gasteiger charge is -2.18. The van der Waals surface area contributed by atoms with Crippen LogP contribution >= 0.6 is 35.0 Å². The molecule has 1 aliphatic rings. The number of thioether (sulfide) groups is 1. The zero-order valence-electron chi connectivity index (χ0n) is 14.8. The third kappa shape index (κ3) is 6.23. The Morgan fingerprint density at radius 1 is 1.07 bits per heavy atom. The van der Waals surface area contributed by atoms with E-state index in [4.69, 9.17) is 32.7 Å². The molecule has 0 saturated carbocycles. The summed E-state index contributed by atoms with van der Waals surface area (Å²) in [6.45, 7) is 1.78. The van der Waals surface area contributed by atoms with E-state index >= 15 is 0 Å². The summed E-state index contributed by atoms with van der Waals surface area (Å²) < 4.78 is 11.1. The Morgan fingerprint density at radius 2 is 1.89 bits per heavy atom. The normalized spacial score (nSPS) is 12.7. The van der Waals surface area contributed by atoms with E-state index in [1.165, 1.54) is 0 Å². The molecule has 0 radical (unpaired) electrons. The first-order valence-electron chi connectivity index (χ1n) is 8.79. The van der Waals surface area contributed by atoms with Crippen LogP contribution in [0.25, 0.3) is 0 Å². The fourth-order valence-corrected chi connectivity index (χ4v) is 4.09. The van der Waals surface area contributed by atoms with Crippen LogP contribution in [-0.4, -0.2) is 31.4 Å². The summed E-state index contributed by atoms with van der Waals surface area (Å²) in [6.07, 6.45) is 1.13. The van der Waals surface area contributed by atoms with E-state index in [0.29, 0.717) is 42.6 Å².